The predicted octanol–water partition coefficient (Wildman–Crippen LogP) is 2.26. The van der Waals surface area contributed by atoms with Crippen molar-refractivity contribution in [1.29, 1.82) is 0 Å². The summed E-state index contributed by atoms with van der Waals surface area (Å²) in [5.74, 6) is 0.493. The lowest BCUT2D eigenvalue weighted by atomic mass is 9.66. The Morgan fingerprint density at radius 2 is 1.94 bits per heavy atom. The van der Waals surface area contributed by atoms with Crippen LogP contribution in [0.15, 0.2) is 0 Å². The number of hydrogen-bond donors (Lipinski definition) is 1. The summed E-state index contributed by atoms with van der Waals surface area (Å²) in [6.07, 6.45) is 5.95. The van der Waals surface area contributed by atoms with E-state index in [4.69, 9.17) is 0 Å². The van der Waals surface area contributed by atoms with Gasteiger partial charge in [0.1, 0.15) is 0 Å². The van der Waals surface area contributed by atoms with Crippen LogP contribution in [-0.2, 0) is 9.59 Å². The molecule has 1 spiro atoms. The average molecular weight is 223 g/mol. The van der Waals surface area contributed by atoms with E-state index in [0.717, 1.165) is 19.3 Å². The molecule has 0 aromatic rings. The van der Waals surface area contributed by atoms with Gasteiger partial charge >= 0.3 is 0 Å². The Hall–Kier alpha value is -0.860. The molecule has 0 aromatic heterocycles. The summed E-state index contributed by atoms with van der Waals surface area (Å²) in [5, 5.41) is 2.51. The SMILES string of the molecule is CC(C)CC1C(=O)NC(=O)CC12CCCC2. The fourth-order valence-electron chi connectivity index (χ4n) is 3.42. The molecule has 1 heterocycles. The molecule has 1 saturated carbocycles. The summed E-state index contributed by atoms with van der Waals surface area (Å²) in [5.41, 5.74) is 0.00366. The van der Waals surface area contributed by atoms with Gasteiger partial charge in [-0.2, -0.15) is 0 Å². The van der Waals surface area contributed by atoms with Crippen LogP contribution in [0.2, 0.25) is 0 Å². The molecule has 1 aliphatic carbocycles. The van der Waals surface area contributed by atoms with Crippen LogP contribution in [0.5, 0.6) is 0 Å². The highest BCUT2D eigenvalue weighted by Gasteiger charge is 2.49. The van der Waals surface area contributed by atoms with Gasteiger partial charge in [-0.3, -0.25) is 14.9 Å². The zero-order chi connectivity index (χ0) is 11.8. The summed E-state index contributed by atoms with van der Waals surface area (Å²) in [4.78, 5) is 23.5. The third-order valence-corrected chi connectivity index (χ3v) is 4.14. The van der Waals surface area contributed by atoms with Gasteiger partial charge < -0.3 is 0 Å². The highest BCUT2D eigenvalue weighted by molar-refractivity contribution is 5.99. The van der Waals surface area contributed by atoms with E-state index < -0.39 is 0 Å². The van der Waals surface area contributed by atoms with E-state index in [0.29, 0.717) is 12.3 Å². The fourth-order valence-corrected chi connectivity index (χ4v) is 3.42. The van der Waals surface area contributed by atoms with Gasteiger partial charge in [0.05, 0.1) is 0 Å². The number of hydrogen-bond acceptors (Lipinski definition) is 2. The Labute approximate surface area is 97.0 Å². The van der Waals surface area contributed by atoms with Gasteiger partial charge in [-0.05, 0) is 30.6 Å². The molecule has 1 atom stereocenters. The van der Waals surface area contributed by atoms with Crippen molar-refractivity contribution in [3.8, 4) is 0 Å². The van der Waals surface area contributed by atoms with Gasteiger partial charge in [0.15, 0.2) is 0 Å². The van der Waals surface area contributed by atoms with Crippen molar-refractivity contribution in [2.45, 2.75) is 52.4 Å². The number of piperidine rings is 1. The van der Waals surface area contributed by atoms with Crippen LogP contribution in [0.1, 0.15) is 52.4 Å². The monoisotopic (exact) mass is 223 g/mol. The Morgan fingerprint density at radius 1 is 1.31 bits per heavy atom. The first-order chi connectivity index (χ1) is 7.53. The van der Waals surface area contributed by atoms with Crippen molar-refractivity contribution in [2.75, 3.05) is 0 Å². The summed E-state index contributed by atoms with van der Waals surface area (Å²) < 4.78 is 0. The number of amides is 2. The Kier molecular flexibility index (Phi) is 3.04. The first kappa shape index (κ1) is 11.6. The van der Waals surface area contributed by atoms with Crippen molar-refractivity contribution < 1.29 is 9.59 Å². The molecular weight excluding hydrogens is 202 g/mol. The second kappa shape index (κ2) is 4.19. The van der Waals surface area contributed by atoms with Crippen LogP contribution in [0.4, 0.5) is 0 Å². The molecule has 1 aliphatic heterocycles. The van der Waals surface area contributed by atoms with Gasteiger partial charge in [-0.25, -0.2) is 0 Å². The molecule has 3 heteroatoms. The maximum Gasteiger partial charge on any atom is 0.230 e. The van der Waals surface area contributed by atoms with E-state index in [1.807, 2.05) is 0 Å². The lowest BCUT2D eigenvalue weighted by molar-refractivity contribution is -0.144. The number of carbonyl (C=O) groups is 2. The van der Waals surface area contributed by atoms with Crippen molar-refractivity contribution in [1.82, 2.24) is 5.32 Å². The minimum Gasteiger partial charge on any atom is -0.296 e. The Morgan fingerprint density at radius 3 is 2.50 bits per heavy atom. The molecule has 2 rings (SSSR count). The van der Waals surface area contributed by atoms with E-state index in [1.54, 1.807) is 0 Å². The molecule has 1 unspecified atom stereocenters. The molecule has 2 fully saturated rings. The lowest BCUT2D eigenvalue weighted by Gasteiger charge is -2.40. The standard InChI is InChI=1S/C13H21NO2/c1-9(2)7-10-12(16)14-11(15)8-13(10)5-3-4-6-13/h9-10H,3-8H2,1-2H3,(H,14,15,16). The first-order valence-electron chi connectivity index (χ1n) is 6.37. The van der Waals surface area contributed by atoms with E-state index in [-0.39, 0.29) is 23.1 Å². The molecule has 0 radical (unpaired) electrons. The highest BCUT2D eigenvalue weighted by Crippen LogP contribution is 2.50. The lowest BCUT2D eigenvalue weighted by Crippen LogP contribution is -2.51. The minimum atomic E-state index is -0.0630. The van der Waals surface area contributed by atoms with Crippen LogP contribution < -0.4 is 5.32 Å². The largest absolute Gasteiger partial charge is 0.296 e. The maximum atomic E-state index is 12.0. The minimum absolute atomic E-state index is 0.00366. The third kappa shape index (κ3) is 2.00. The van der Waals surface area contributed by atoms with E-state index in [1.165, 1.54) is 12.8 Å². The first-order valence-corrected chi connectivity index (χ1v) is 6.37. The highest BCUT2D eigenvalue weighted by atomic mass is 16.2. The normalized spacial score (nSPS) is 28.8. The molecule has 1 N–H and O–H groups in total. The third-order valence-electron chi connectivity index (χ3n) is 4.14. The van der Waals surface area contributed by atoms with Crippen LogP contribution in [0.3, 0.4) is 0 Å². The Bertz CT molecular complexity index is 303. The van der Waals surface area contributed by atoms with Crippen molar-refractivity contribution in [2.24, 2.45) is 17.3 Å². The second-order valence-electron chi connectivity index (χ2n) is 5.84. The predicted molar refractivity (Wildman–Crippen MR) is 61.6 cm³/mol. The average Bonchev–Trinajstić information content (AvgIpc) is 2.60. The quantitative estimate of drug-likeness (QED) is 0.730. The van der Waals surface area contributed by atoms with Gasteiger partial charge in [0.2, 0.25) is 11.8 Å². The summed E-state index contributed by atoms with van der Waals surface area (Å²) >= 11 is 0. The van der Waals surface area contributed by atoms with Crippen LogP contribution in [-0.4, -0.2) is 11.8 Å². The molecule has 1 saturated heterocycles. The number of rotatable bonds is 2. The molecule has 16 heavy (non-hydrogen) atoms. The van der Waals surface area contributed by atoms with E-state index in [9.17, 15) is 9.59 Å². The molecule has 2 aliphatic rings. The van der Waals surface area contributed by atoms with Gasteiger partial charge in [0, 0.05) is 12.3 Å². The smallest absolute Gasteiger partial charge is 0.230 e. The number of carbonyl (C=O) groups excluding carboxylic acids is 2. The summed E-state index contributed by atoms with van der Waals surface area (Å²) in [6.45, 7) is 4.29. The second-order valence-corrected chi connectivity index (χ2v) is 5.84. The van der Waals surface area contributed by atoms with E-state index >= 15 is 0 Å². The fraction of sp³-hybridized carbons (Fsp3) is 0.846. The van der Waals surface area contributed by atoms with Crippen molar-refractivity contribution in [3.63, 3.8) is 0 Å². The van der Waals surface area contributed by atoms with Gasteiger partial charge in [-0.15, -0.1) is 0 Å². The zero-order valence-corrected chi connectivity index (χ0v) is 10.2. The zero-order valence-electron chi connectivity index (χ0n) is 10.2. The molecule has 0 bridgehead atoms. The molecule has 0 aromatic carbocycles. The van der Waals surface area contributed by atoms with E-state index in [2.05, 4.69) is 19.2 Å². The number of nitrogens with one attached hydrogen (secondary N) is 1. The molecule has 3 nitrogen and oxygen atoms in total. The topological polar surface area (TPSA) is 46.2 Å². The van der Waals surface area contributed by atoms with Crippen molar-refractivity contribution >= 4 is 11.8 Å². The van der Waals surface area contributed by atoms with Gasteiger partial charge in [0.25, 0.3) is 0 Å². The summed E-state index contributed by atoms with van der Waals surface area (Å²) in [6, 6.07) is 0. The van der Waals surface area contributed by atoms with Crippen LogP contribution >= 0.6 is 0 Å². The molecule has 2 amide bonds. The van der Waals surface area contributed by atoms with Gasteiger partial charge in [-0.1, -0.05) is 26.7 Å². The summed E-state index contributed by atoms with van der Waals surface area (Å²) in [7, 11) is 0. The van der Waals surface area contributed by atoms with Crippen LogP contribution in [0, 0.1) is 17.3 Å². The Balaban J connectivity index is 2.22. The number of imide groups is 1. The van der Waals surface area contributed by atoms with Crippen molar-refractivity contribution in [3.05, 3.63) is 0 Å². The maximum absolute atomic E-state index is 12.0. The molecule has 90 valence electrons. The van der Waals surface area contributed by atoms with Crippen LogP contribution in [0.25, 0.3) is 0 Å². The molecular formula is C13H21NO2.